The average molecular weight is 381 g/mol. The van der Waals surface area contributed by atoms with Gasteiger partial charge in [0.25, 0.3) is 0 Å². The molecule has 3 aromatic carbocycles. The van der Waals surface area contributed by atoms with Crippen molar-refractivity contribution < 1.29 is 9.84 Å². The summed E-state index contributed by atoms with van der Waals surface area (Å²) in [7, 11) is 1.59. The fourth-order valence-electron chi connectivity index (χ4n) is 3.77. The van der Waals surface area contributed by atoms with Gasteiger partial charge in [0.1, 0.15) is 11.5 Å². The number of hydrogen-bond acceptors (Lipinski definition) is 4. The van der Waals surface area contributed by atoms with Crippen LogP contribution in [0.1, 0.15) is 5.56 Å². The first-order valence-electron chi connectivity index (χ1n) is 9.37. The van der Waals surface area contributed by atoms with E-state index in [0.717, 1.165) is 27.7 Å². The monoisotopic (exact) mass is 381 g/mol. The minimum Gasteiger partial charge on any atom is -0.507 e. The van der Waals surface area contributed by atoms with E-state index in [9.17, 15) is 5.11 Å². The number of hydrogen-bond donors (Lipinski definition) is 1. The Bertz CT molecular complexity index is 1330. The molecule has 0 saturated heterocycles. The van der Waals surface area contributed by atoms with Crippen LogP contribution in [-0.4, -0.2) is 26.6 Å². The first-order chi connectivity index (χ1) is 14.2. The Morgan fingerprint density at radius 3 is 2.45 bits per heavy atom. The first kappa shape index (κ1) is 17.3. The van der Waals surface area contributed by atoms with Crippen molar-refractivity contribution in [3.05, 3.63) is 78.5 Å². The van der Waals surface area contributed by atoms with Crippen LogP contribution >= 0.6 is 0 Å². The molecular weight excluding hydrogens is 362 g/mol. The van der Waals surface area contributed by atoms with Crippen LogP contribution in [0.25, 0.3) is 39.2 Å². The van der Waals surface area contributed by atoms with Gasteiger partial charge in [-0.2, -0.15) is 0 Å². The average Bonchev–Trinajstić information content (AvgIpc) is 3.10. The molecule has 0 radical (unpaired) electrons. The maximum Gasteiger partial charge on any atom is 0.235 e. The Morgan fingerprint density at radius 2 is 1.69 bits per heavy atom. The highest BCUT2D eigenvalue weighted by atomic mass is 16.5. The SMILES string of the molecule is COc1cc(C)c(-c2nc3nc4ccccc4n3cc2-c2ccccc2)c(O)c1. The molecule has 5 nitrogen and oxygen atoms in total. The predicted molar refractivity (Wildman–Crippen MR) is 114 cm³/mol. The minimum atomic E-state index is 0.131. The van der Waals surface area contributed by atoms with E-state index < -0.39 is 0 Å². The van der Waals surface area contributed by atoms with Crippen molar-refractivity contribution in [2.24, 2.45) is 0 Å². The lowest BCUT2D eigenvalue weighted by molar-refractivity contribution is 0.407. The summed E-state index contributed by atoms with van der Waals surface area (Å²) in [5.74, 6) is 1.33. The predicted octanol–water partition coefficient (Wildman–Crippen LogP) is 5.24. The molecule has 1 N–H and O–H groups in total. The lowest BCUT2D eigenvalue weighted by Gasteiger charge is -2.15. The second-order valence-corrected chi connectivity index (χ2v) is 6.98. The van der Waals surface area contributed by atoms with E-state index in [-0.39, 0.29) is 5.75 Å². The molecule has 0 aliphatic carbocycles. The van der Waals surface area contributed by atoms with Crippen LogP contribution in [0.4, 0.5) is 0 Å². The summed E-state index contributed by atoms with van der Waals surface area (Å²) in [4.78, 5) is 9.56. The van der Waals surface area contributed by atoms with Gasteiger partial charge < -0.3 is 9.84 Å². The van der Waals surface area contributed by atoms with Crippen molar-refractivity contribution in [3.8, 4) is 33.9 Å². The van der Waals surface area contributed by atoms with Gasteiger partial charge in [-0.25, -0.2) is 9.97 Å². The number of imidazole rings is 1. The molecule has 0 bridgehead atoms. The summed E-state index contributed by atoms with van der Waals surface area (Å²) in [6.07, 6.45) is 2.05. The van der Waals surface area contributed by atoms with Gasteiger partial charge in [0, 0.05) is 23.4 Å². The van der Waals surface area contributed by atoms with Gasteiger partial charge in [-0.05, 0) is 36.2 Å². The summed E-state index contributed by atoms with van der Waals surface area (Å²) in [5.41, 5.74) is 6.07. The number of methoxy groups -OCH3 is 1. The van der Waals surface area contributed by atoms with Crippen molar-refractivity contribution >= 4 is 16.8 Å². The molecule has 0 saturated carbocycles. The third kappa shape index (κ3) is 2.79. The Labute approximate surface area is 167 Å². The summed E-state index contributed by atoms with van der Waals surface area (Å²) in [5, 5.41) is 10.8. The Hall–Kier alpha value is -3.86. The number of nitrogens with zero attached hydrogens (tertiary/aromatic N) is 3. The number of fused-ring (bicyclic) bond motifs is 3. The Morgan fingerprint density at radius 1 is 0.931 bits per heavy atom. The molecule has 2 aromatic heterocycles. The van der Waals surface area contributed by atoms with E-state index in [2.05, 4.69) is 4.98 Å². The third-order valence-corrected chi connectivity index (χ3v) is 5.15. The summed E-state index contributed by atoms with van der Waals surface area (Å²) in [6.45, 7) is 1.94. The zero-order valence-electron chi connectivity index (χ0n) is 16.1. The molecule has 0 spiro atoms. The number of para-hydroxylation sites is 2. The van der Waals surface area contributed by atoms with E-state index in [1.54, 1.807) is 13.2 Å². The minimum absolute atomic E-state index is 0.131. The van der Waals surface area contributed by atoms with Crippen LogP contribution in [-0.2, 0) is 0 Å². The molecule has 5 rings (SSSR count). The second kappa shape index (κ2) is 6.63. The van der Waals surface area contributed by atoms with Crippen LogP contribution in [0, 0.1) is 6.92 Å². The zero-order valence-corrected chi connectivity index (χ0v) is 16.1. The van der Waals surface area contributed by atoms with Gasteiger partial charge in [-0.3, -0.25) is 4.40 Å². The summed E-state index contributed by atoms with van der Waals surface area (Å²) in [6, 6.07) is 21.5. The standard InChI is InChI=1S/C24H19N3O2/c1-15-12-17(29-2)13-21(28)22(15)23-18(16-8-4-3-5-9-16)14-27-20-11-7-6-10-19(20)25-24(27)26-23/h3-14,28H,1-2H3. The molecule has 0 atom stereocenters. The summed E-state index contributed by atoms with van der Waals surface area (Å²) >= 11 is 0. The highest BCUT2D eigenvalue weighted by Gasteiger charge is 2.19. The molecule has 2 heterocycles. The molecule has 29 heavy (non-hydrogen) atoms. The number of ether oxygens (including phenoxy) is 1. The van der Waals surface area contributed by atoms with E-state index in [4.69, 9.17) is 9.72 Å². The molecule has 0 fully saturated rings. The van der Waals surface area contributed by atoms with Gasteiger partial charge in [-0.1, -0.05) is 42.5 Å². The molecule has 0 unspecified atom stereocenters. The maximum absolute atomic E-state index is 10.8. The number of aryl methyl sites for hydroxylation is 1. The van der Waals surface area contributed by atoms with E-state index >= 15 is 0 Å². The molecule has 0 aliphatic heterocycles. The number of aromatic hydroxyl groups is 1. The molecule has 5 heteroatoms. The molecule has 5 aromatic rings. The normalized spacial score (nSPS) is 11.2. The van der Waals surface area contributed by atoms with Crippen LogP contribution in [0.15, 0.2) is 72.9 Å². The molecular formula is C24H19N3O2. The fraction of sp³-hybridized carbons (Fsp3) is 0.0833. The largest absolute Gasteiger partial charge is 0.507 e. The van der Waals surface area contributed by atoms with Crippen molar-refractivity contribution in [2.45, 2.75) is 6.92 Å². The first-order valence-corrected chi connectivity index (χ1v) is 9.37. The van der Waals surface area contributed by atoms with Gasteiger partial charge >= 0.3 is 0 Å². The lowest BCUT2D eigenvalue weighted by Crippen LogP contribution is -1.98. The topological polar surface area (TPSA) is 59.7 Å². The second-order valence-electron chi connectivity index (χ2n) is 6.98. The highest BCUT2D eigenvalue weighted by molar-refractivity contribution is 5.88. The van der Waals surface area contributed by atoms with Crippen molar-refractivity contribution in [2.75, 3.05) is 7.11 Å². The number of phenols is 1. The van der Waals surface area contributed by atoms with E-state index in [0.29, 0.717) is 22.8 Å². The van der Waals surface area contributed by atoms with Crippen molar-refractivity contribution in [1.82, 2.24) is 14.4 Å². The Kier molecular flexibility index (Phi) is 3.95. The summed E-state index contributed by atoms with van der Waals surface area (Å²) < 4.78 is 7.29. The maximum atomic E-state index is 10.8. The zero-order chi connectivity index (χ0) is 20.0. The van der Waals surface area contributed by atoms with Crippen LogP contribution in [0.5, 0.6) is 11.5 Å². The van der Waals surface area contributed by atoms with Crippen molar-refractivity contribution in [1.29, 1.82) is 0 Å². The number of phenolic OH excluding ortho intramolecular Hbond substituents is 1. The molecule has 142 valence electrons. The van der Waals surface area contributed by atoms with Gasteiger partial charge in [0.05, 0.1) is 23.8 Å². The van der Waals surface area contributed by atoms with Gasteiger partial charge in [0.15, 0.2) is 0 Å². The smallest absolute Gasteiger partial charge is 0.235 e. The number of benzene rings is 3. The van der Waals surface area contributed by atoms with Crippen molar-refractivity contribution in [3.63, 3.8) is 0 Å². The Balaban J connectivity index is 1.88. The number of aromatic nitrogens is 3. The van der Waals surface area contributed by atoms with Crippen LogP contribution < -0.4 is 4.74 Å². The van der Waals surface area contributed by atoms with Gasteiger partial charge in [0.2, 0.25) is 5.78 Å². The fourth-order valence-corrected chi connectivity index (χ4v) is 3.77. The highest BCUT2D eigenvalue weighted by Crippen LogP contribution is 2.40. The van der Waals surface area contributed by atoms with Crippen LogP contribution in [0.2, 0.25) is 0 Å². The lowest BCUT2D eigenvalue weighted by atomic mass is 9.96. The third-order valence-electron chi connectivity index (χ3n) is 5.15. The van der Waals surface area contributed by atoms with E-state index in [1.807, 2.05) is 78.2 Å². The van der Waals surface area contributed by atoms with Gasteiger partial charge in [-0.15, -0.1) is 0 Å². The van der Waals surface area contributed by atoms with Crippen LogP contribution in [0.3, 0.4) is 0 Å². The quantitative estimate of drug-likeness (QED) is 0.464. The molecule has 0 amide bonds. The number of rotatable bonds is 3. The molecule has 0 aliphatic rings. The van der Waals surface area contributed by atoms with E-state index in [1.165, 1.54) is 0 Å².